The number of carbonyl (C=O) groups excluding carboxylic acids is 1. The smallest absolute Gasteiger partial charge is 0.303 e. The standard InChI is InChI=1S/C12H22N2O3.ClH/c1-9(2)11-12(17)13-6-8-14(11)7-4-3-5-10(15)16;/h9,11H,3-8H2,1-2H3,(H,13,17)(H,15,16);1H. The molecule has 1 unspecified atom stereocenters. The monoisotopic (exact) mass is 278 g/mol. The van der Waals surface area contributed by atoms with E-state index in [1.807, 2.05) is 13.8 Å². The van der Waals surface area contributed by atoms with E-state index in [-0.39, 0.29) is 36.7 Å². The number of nitrogens with zero attached hydrogens (tertiary/aromatic N) is 1. The number of halogens is 1. The molecule has 1 saturated heterocycles. The van der Waals surface area contributed by atoms with E-state index in [0.29, 0.717) is 13.0 Å². The molecule has 1 aliphatic heterocycles. The number of aliphatic carboxylic acids is 1. The maximum absolute atomic E-state index is 11.7. The zero-order valence-corrected chi connectivity index (χ0v) is 11.8. The minimum absolute atomic E-state index is 0. The van der Waals surface area contributed by atoms with E-state index in [1.165, 1.54) is 0 Å². The van der Waals surface area contributed by atoms with Gasteiger partial charge in [-0.1, -0.05) is 13.8 Å². The molecule has 0 aliphatic carbocycles. The highest BCUT2D eigenvalue weighted by atomic mass is 35.5. The molecule has 0 aromatic carbocycles. The molecule has 106 valence electrons. The van der Waals surface area contributed by atoms with E-state index in [1.54, 1.807) is 0 Å². The summed E-state index contributed by atoms with van der Waals surface area (Å²) in [6, 6.07) is -0.0615. The number of hydrogen-bond donors (Lipinski definition) is 2. The van der Waals surface area contributed by atoms with Crippen LogP contribution in [-0.4, -0.2) is 47.6 Å². The Kier molecular flexibility index (Phi) is 7.95. The first-order valence-electron chi connectivity index (χ1n) is 6.26. The Morgan fingerprint density at radius 2 is 2.17 bits per heavy atom. The molecule has 5 nitrogen and oxygen atoms in total. The minimum Gasteiger partial charge on any atom is -0.481 e. The number of carboxylic acids is 1. The average molecular weight is 279 g/mol. The van der Waals surface area contributed by atoms with Gasteiger partial charge in [0.1, 0.15) is 0 Å². The van der Waals surface area contributed by atoms with Crippen LogP contribution in [0.5, 0.6) is 0 Å². The molecule has 2 N–H and O–H groups in total. The third-order valence-corrected chi connectivity index (χ3v) is 3.08. The molecule has 1 aliphatic rings. The van der Waals surface area contributed by atoms with Crippen LogP contribution < -0.4 is 5.32 Å². The summed E-state index contributed by atoms with van der Waals surface area (Å²) in [4.78, 5) is 24.3. The summed E-state index contributed by atoms with van der Waals surface area (Å²) < 4.78 is 0. The van der Waals surface area contributed by atoms with Gasteiger partial charge < -0.3 is 10.4 Å². The van der Waals surface area contributed by atoms with Crippen LogP contribution in [0.3, 0.4) is 0 Å². The molecule has 6 heteroatoms. The van der Waals surface area contributed by atoms with E-state index in [4.69, 9.17) is 5.11 Å². The van der Waals surface area contributed by atoms with Crippen molar-refractivity contribution in [1.29, 1.82) is 0 Å². The molecule has 0 aromatic rings. The summed E-state index contributed by atoms with van der Waals surface area (Å²) in [6.07, 6.45) is 1.73. The fraction of sp³-hybridized carbons (Fsp3) is 0.833. The van der Waals surface area contributed by atoms with Gasteiger partial charge in [-0.05, 0) is 25.3 Å². The number of amides is 1. The van der Waals surface area contributed by atoms with Crippen molar-refractivity contribution in [2.45, 2.75) is 39.2 Å². The van der Waals surface area contributed by atoms with Gasteiger partial charge in [-0.2, -0.15) is 0 Å². The molecule has 18 heavy (non-hydrogen) atoms. The van der Waals surface area contributed by atoms with Gasteiger partial charge in [0.2, 0.25) is 5.91 Å². The van der Waals surface area contributed by atoms with Gasteiger partial charge >= 0.3 is 5.97 Å². The van der Waals surface area contributed by atoms with E-state index in [0.717, 1.165) is 19.5 Å². The SMILES string of the molecule is CC(C)C1C(=O)NCCN1CCCCC(=O)O.Cl. The molecule has 1 heterocycles. The lowest BCUT2D eigenvalue weighted by Gasteiger charge is -2.37. The van der Waals surface area contributed by atoms with Crippen molar-refractivity contribution in [3.8, 4) is 0 Å². The quantitative estimate of drug-likeness (QED) is 0.715. The van der Waals surface area contributed by atoms with Crippen LogP contribution in [0.1, 0.15) is 33.1 Å². The molecule has 1 atom stereocenters. The Balaban J connectivity index is 0.00000289. The lowest BCUT2D eigenvalue weighted by molar-refractivity contribution is -0.137. The van der Waals surface area contributed by atoms with Crippen molar-refractivity contribution in [3.05, 3.63) is 0 Å². The molecule has 0 saturated carbocycles. The van der Waals surface area contributed by atoms with Gasteiger partial charge in [-0.25, -0.2) is 0 Å². The molecule has 0 radical (unpaired) electrons. The first-order chi connectivity index (χ1) is 8.02. The maximum atomic E-state index is 11.7. The first-order valence-corrected chi connectivity index (χ1v) is 6.26. The number of hydrogen-bond acceptors (Lipinski definition) is 3. The van der Waals surface area contributed by atoms with Gasteiger partial charge in [0.05, 0.1) is 6.04 Å². The second-order valence-electron chi connectivity index (χ2n) is 4.87. The van der Waals surface area contributed by atoms with Crippen LogP contribution >= 0.6 is 12.4 Å². The van der Waals surface area contributed by atoms with E-state index < -0.39 is 5.97 Å². The predicted octanol–water partition coefficient (Wildman–Crippen LogP) is 1.12. The molecular weight excluding hydrogens is 256 g/mol. The van der Waals surface area contributed by atoms with Crippen molar-refractivity contribution >= 4 is 24.3 Å². The van der Waals surface area contributed by atoms with E-state index in [2.05, 4.69) is 10.2 Å². The third-order valence-electron chi connectivity index (χ3n) is 3.08. The average Bonchev–Trinajstić information content (AvgIpc) is 2.23. The number of carbonyl (C=O) groups is 2. The van der Waals surface area contributed by atoms with E-state index >= 15 is 0 Å². The fourth-order valence-electron chi connectivity index (χ4n) is 2.30. The molecule has 1 rings (SSSR count). The Morgan fingerprint density at radius 3 is 2.72 bits per heavy atom. The van der Waals surface area contributed by atoms with Crippen LogP contribution in [-0.2, 0) is 9.59 Å². The summed E-state index contributed by atoms with van der Waals surface area (Å²) in [6.45, 7) is 6.45. The van der Waals surface area contributed by atoms with Gasteiger partial charge in [0.25, 0.3) is 0 Å². The Bertz CT molecular complexity index is 284. The number of unbranched alkanes of at least 4 members (excludes halogenated alkanes) is 1. The molecule has 1 amide bonds. The Morgan fingerprint density at radius 1 is 1.50 bits per heavy atom. The Labute approximate surface area is 114 Å². The van der Waals surface area contributed by atoms with Gasteiger partial charge in [0.15, 0.2) is 0 Å². The number of nitrogens with one attached hydrogen (secondary N) is 1. The van der Waals surface area contributed by atoms with Crippen molar-refractivity contribution < 1.29 is 14.7 Å². The van der Waals surface area contributed by atoms with Crippen molar-refractivity contribution in [3.63, 3.8) is 0 Å². The second-order valence-corrected chi connectivity index (χ2v) is 4.87. The molecule has 0 aromatic heterocycles. The van der Waals surface area contributed by atoms with Crippen LogP contribution in [0.2, 0.25) is 0 Å². The summed E-state index contributed by atoms with van der Waals surface area (Å²) in [5.74, 6) is -0.360. The minimum atomic E-state index is -0.748. The lowest BCUT2D eigenvalue weighted by Crippen LogP contribution is -2.57. The third kappa shape index (κ3) is 5.23. The topological polar surface area (TPSA) is 69.6 Å². The van der Waals surface area contributed by atoms with Gasteiger partial charge in [-0.3, -0.25) is 14.5 Å². The summed E-state index contributed by atoms with van der Waals surface area (Å²) >= 11 is 0. The summed E-state index contributed by atoms with van der Waals surface area (Å²) in [5, 5.41) is 11.4. The highest BCUT2D eigenvalue weighted by Crippen LogP contribution is 2.15. The maximum Gasteiger partial charge on any atom is 0.303 e. The predicted molar refractivity (Wildman–Crippen MR) is 71.9 cm³/mol. The van der Waals surface area contributed by atoms with Crippen molar-refractivity contribution in [1.82, 2.24) is 10.2 Å². The molecule has 0 spiro atoms. The highest BCUT2D eigenvalue weighted by Gasteiger charge is 2.31. The molecule has 0 bridgehead atoms. The van der Waals surface area contributed by atoms with Gasteiger partial charge in [0, 0.05) is 19.5 Å². The molecule has 1 fully saturated rings. The normalized spacial score (nSPS) is 20.4. The number of piperazine rings is 1. The van der Waals surface area contributed by atoms with Crippen LogP contribution in [0.4, 0.5) is 0 Å². The number of carboxylic acid groups (broad SMARTS) is 1. The lowest BCUT2D eigenvalue weighted by atomic mass is 9.99. The largest absolute Gasteiger partial charge is 0.481 e. The second kappa shape index (κ2) is 8.32. The van der Waals surface area contributed by atoms with Crippen LogP contribution in [0.25, 0.3) is 0 Å². The van der Waals surface area contributed by atoms with Crippen LogP contribution in [0.15, 0.2) is 0 Å². The highest BCUT2D eigenvalue weighted by molar-refractivity contribution is 5.85. The first kappa shape index (κ1) is 17.2. The van der Waals surface area contributed by atoms with Crippen molar-refractivity contribution in [2.24, 2.45) is 5.92 Å². The summed E-state index contributed by atoms with van der Waals surface area (Å²) in [5.41, 5.74) is 0. The zero-order valence-electron chi connectivity index (χ0n) is 11.0. The number of rotatable bonds is 6. The van der Waals surface area contributed by atoms with Gasteiger partial charge in [-0.15, -0.1) is 12.4 Å². The summed E-state index contributed by atoms with van der Waals surface area (Å²) in [7, 11) is 0. The fourth-order valence-corrected chi connectivity index (χ4v) is 2.30. The van der Waals surface area contributed by atoms with E-state index in [9.17, 15) is 9.59 Å². The molecular formula is C12H23ClN2O3. The zero-order chi connectivity index (χ0) is 12.8. The Hall–Kier alpha value is -0.810. The van der Waals surface area contributed by atoms with Crippen molar-refractivity contribution in [2.75, 3.05) is 19.6 Å². The van der Waals surface area contributed by atoms with Crippen LogP contribution in [0, 0.1) is 5.92 Å².